The van der Waals surface area contributed by atoms with Crippen molar-refractivity contribution in [2.45, 2.75) is 57.4 Å². The normalized spacial score (nSPS) is 35.6. The lowest BCUT2D eigenvalue weighted by molar-refractivity contribution is 0.345. The summed E-state index contributed by atoms with van der Waals surface area (Å²) in [5.74, 6) is 3.70. The average molecular weight is 270 g/mol. The van der Waals surface area contributed by atoms with Crippen LogP contribution in [0.4, 0.5) is 0 Å². The lowest BCUT2D eigenvalue weighted by Crippen LogP contribution is -2.38. The van der Waals surface area contributed by atoms with Gasteiger partial charge in [-0.1, -0.05) is 19.4 Å². The van der Waals surface area contributed by atoms with Gasteiger partial charge < -0.3 is 5.32 Å². The minimum atomic E-state index is 0.674. The molecular formula is C18H26N2. The van der Waals surface area contributed by atoms with Crippen LogP contribution in [0.3, 0.4) is 0 Å². The summed E-state index contributed by atoms with van der Waals surface area (Å²) in [6.45, 7) is 3.44. The minimum absolute atomic E-state index is 0.674. The Kier molecular flexibility index (Phi) is 3.30. The van der Waals surface area contributed by atoms with E-state index >= 15 is 0 Å². The summed E-state index contributed by atoms with van der Waals surface area (Å²) in [7, 11) is 0. The first-order valence-electron chi connectivity index (χ1n) is 8.57. The largest absolute Gasteiger partial charge is 0.313 e. The summed E-state index contributed by atoms with van der Waals surface area (Å²) in [6, 6.07) is 5.08. The second-order valence-electron chi connectivity index (χ2n) is 7.01. The van der Waals surface area contributed by atoms with E-state index in [1.807, 2.05) is 6.20 Å². The van der Waals surface area contributed by atoms with E-state index in [9.17, 15) is 0 Å². The number of nitrogens with zero attached hydrogens (tertiary/aromatic N) is 1. The van der Waals surface area contributed by atoms with E-state index in [1.54, 1.807) is 0 Å². The highest BCUT2D eigenvalue weighted by atomic mass is 15.0. The average Bonchev–Trinajstić information content (AvgIpc) is 2.85. The summed E-state index contributed by atoms with van der Waals surface area (Å²) in [6.07, 6.45) is 10.2. The molecule has 20 heavy (non-hydrogen) atoms. The quantitative estimate of drug-likeness (QED) is 0.885. The van der Waals surface area contributed by atoms with Crippen molar-refractivity contribution in [3.05, 3.63) is 29.6 Å². The highest BCUT2D eigenvalue weighted by molar-refractivity contribution is 5.31. The molecular weight excluding hydrogens is 244 g/mol. The van der Waals surface area contributed by atoms with Crippen molar-refractivity contribution >= 4 is 0 Å². The third kappa shape index (κ3) is 2.00. The van der Waals surface area contributed by atoms with Crippen LogP contribution in [0.2, 0.25) is 0 Å². The Morgan fingerprint density at radius 1 is 1.30 bits per heavy atom. The van der Waals surface area contributed by atoms with Gasteiger partial charge in [-0.25, -0.2) is 0 Å². The standard InChI is InChI=1S/C18H26N2/c1-2-10-19-18(16-13-6-3-7-14(13)16)15-9-8-12-5-4-11-20-17(12)15/h4-5,11,13-16,18-19H,2-3,6-10H2,1H3. The van der Waals surface area contributed by atoms with Gasteiger partial charge in [0.15, 0.2) is 0 Å². The molecule has 4 unspecified atom stereocenters. The topological polar surface area (TPSA) is 24.9 Å². The van der Waals surface area contributed by atoms with Gasteiger partial charge >= 0.3 is 0 Å². The van der Waals surface area contributed by atoms with E-state index in [-0.39, 0.29) is 0 Å². The fourth-order valence-corrected chi connectivity index (χ4v) is 5.06. The maximum Gasteiger partial charge on any atom is 0.0482 e. The van der Waals surface area contributed by atoms with E-state index in [2.05, 4.69) is 24.4 Å². The van der Waals surface area contributed by atoms with Gasteiger partial charge in [-0.15, -0.1) is 0 Å². The zero-order chi connectivity index (χ0) is 13.5. The third-order valence-corrected chi connectivity index (χ3v) is 5.95. The molecule has 4 rings (SSSR count). The smallest absolute Gasteiger partial charge is 0.0482 e. The first-order chi connectivity index (χ1) is 9.90. The van der Waals surface area contributed by atoms with Crippen molar-refractivity contribution < 1.29 is 0 Å². The van der Waals surface area contributed by atoms with Gasteiger partial charge in [0.1, 0.15) is 0 Å². The highest BCUT2D eigenvalue weighted by Crippen LogP contribution is 2.61. The molecule has 1 heterocycles. The van der Waals surface area contributed by atoms with Crippen LogP contribution in [0.1, 0.15) is 56.2 Å². The number of hydrogen-bond donors (Lipinski definition) is 1. The maximum absolute atomic E-state index is 4.73. The molecule has 2 saturated carbocycles. The molecule has 0 bridgehead atoms. The van der Waals surface area contributed by atoms with Crippen LogP contribution in [0.25, 0.3) is 0 Å². The third-order valence-electron chi connectivity index (χ3n) is 5.95. The lowest BCUT2D eigenvalue weighted by Gasteiger charge is -2.27. The molecule has 2 nitrogen and oxygen atoms in total. The van der Waals surface area contributed by atoms with Crippen molar-refractivity contribution in [2.75, 3.05) is 6.54 Å². The molecule has 0 radical (unpaired) electrons. The molecule has 0 amide bonds. The van der Waals surface area contributed by atoms with Gasteiger partial charge in [0.25, 0.3) is 0 Å². The molecule has 1 aromatic heterocycles. The number of fused-ring (bicyclic) bond motifs is 2. The summed E-state index contributed by atoms with van der Waals surface area (Å²) >= 11 is 0. The molecule has 0 saturated heterocycles. The second-order valence-corrected chi connectivity index (χ2v) is 7.01. The molecule has 3 aliphatic carbocycles. The molecule has 3 aliphatic rings. The van der Waals surface area contributed by atoms with Crippen LogP contribution in [-0.4, -0.2) is 17.6 Å². The first kappa shape index (κ1) is 12.8. The van der Waals surface area contributed by atoms with E-state index < -0.39 is 0 Å². The number of aryl methyl sites for hydroxylation is 1. The van der Waals surface area contributed by atoms with E-state index in [0.29, 0.717) is 12.0 Å². The monoisotopic (exact) mass is 270 g/mol. The Hall–Kier alpha value is -0.890. The summed E-state index contributed by atoms with van der Waals surface area (Å²) in [4.78, 5) is 4.73. The molecule has 108 valence electrons. The van der Waals surface area contributed by atoms with Crippen molar-refractivity contribution in [3.8, 4) is 0 Å². The number of hydrogen-bond acceptors (Lipinski definition) is 2. The molecule has 0 aliphatic heterocycles. The molecule has 4 atom stereocenters. The number of pyridine rings is 1. The molecule has 1 N–H and O–H groups in total. The zero-order valence-corrected chi connectivity index (χ0v) is 12.5. The SMILES string of the molecule is CCCNC(C1CCc2cccnc21)C1C2CCCC21. The predicted octanol–water partition coefficient (Wildman–Crippen LogP) is 3.53. The molecule has 1 aromatic rings. The Morgan fingerprint density at radius 3 is 2.95 bits per heavy atom. The number of rotatable bonds is 5. The number of nitrogens with one attached hydrogen (secondary N) is 1. The van der Waals surface area contributed by atoms with Crippen LogP contribution in [-0.2, 0) is 6.42 Å². The van der Waals surface area contributed by atoms with Gasteiger partial charge in [-0.3, -0.25) is 4.98 Å². The van der Waals surface area contributed by atoms with E-state index in [0.717, 1.165) is 17.8 Å². The van der Waals surface area contributed by atoms with Crippen LogP contribution in [0.15, 0.2) is 18.3 Å². The Morgan fingerprint density at radius 2 is 2.15 bits per heavy atom. The van der Waals surface area contributed by atoms with Crippen LogP contribution in [0.5, 0.6) is 0 Å². The van der Waals surface area contributed by atoms with Gasteiger partial charge in [0.05, 0.1) is 0 Å². The first-order valence-corrected chi connectivity index (χ1v) is 8.57. The Balaban J connectivity index is 1.56. The van der Waals surface area contributed by atoms with Gasteiger partial charge in [-0.05, 0) is 68.0 Å². The number of aromatic nitrogens is 1. The molecule has 2 fully saturated rings. The fourth-order valence-electron chi connectivity index (χ4n) is 5.06. The summed E-state index contributed by atoms with van der Waals surface area (Å²) in [5.41, 5.74) is 2.91. The summed E-state index contributed by atoms with van der Waals surface area (Å²) < 4.78 is 0. The van der Waals surface area contributed by atoms with Crippen molar-refractivity contribution in [1.82, 2.24) is 10.3 Å². The predicted molar refractivity (Wildman–Crippen MR) is 81.7 cm³/mol. The van der Waals surface area contributed by atoms with Gasteiger partial charge in [-0.2, -0.15) is 0 Å². The van der Waals surface area contributed by atoms with Gasteiger partial charge in [0.2, 0.25) is 0 Å². The molecule has 0 spiro atoms. The Bertz CT molecular complexity index is 474. The molecule has 2 heteroatoms. The van der Waals surface area contributed by atoms with E-state index in [1.165, 1.54) is 56.3 Å². The lowest BCUT2D eigenvalue weighted by atomic mass is 9.89. The van der Waals surface area contributed by atoms with Crippen LogP contribution in [0, 0.1) is 17.8 Å². The van der Waals surface area contributed by atoms with Crippen molar-refractivity contribution in [3.63, 3.8) is 0 Å². The second kappa shape index (κ2) is 5.14. The Labute approximate surface area is 122 Å². The fraction of sp³-hybridized carbons (Fsp3) is 0.722. The van der Waals surface area contributed by atoms with Crippen molar-refractivity contribution in [2.24, 2.45) is 17.8 Å². The van der Waals surface area contributed by atoms with Crippen molar-refractivity contribution in [1.29, 1.82) is 0 Å². The van der Waals surface area contributed by atoms with Crippen LogP contribution < -0.4 is 5.32 Å². The maximum atomic E-state index is 4.73. The van der Waals surface area contributed by atoms with E-state index in [4.69, 9.17) is 4.98 Å². The van der Waals surface area contributed by atoms with Crippen LogP contribution >= 0.6 is 0 Å². The van der Waals surface area contributed by atoms with Gasteiger partial charge in [0, 0.05) is 23.9 Å². The minimum Gasteiger partial charge on any atom is -0.313 e. The zero-order valence-electron chi connectivity index (χ0n) is 12.5. The highest BCUT2D eigenvalue weighted by Gasteiger charge is 2.57. The summed E-state index contributed by atoms with van der Waals surface area (Å²) in [5, 5.41) is 3.90. The molecule has 0 aromatic carbocycles.